The smallest absolute Gasteiger partial charge is 0.227 e. The lowest BCUT2D eigenvalue weighted by Gasteiger charge is -2.50. The van der Waals surface area contributed by atoms with Gasteiger partial charge in [0.25, 0.3) is 0 Å². The van der Waals surface area contributed by atoms with Crippen LogP contribution in [0, 0.1) is 11.2 Å². The minimum atomic E-state index is -0.868. The van der Waals surface area contributed by atoms with Crippen LogP contribution < -0.4 is 5.32 Å². The Morgan fingerprint density at radius 2 is 1.63 bits per heavy atom. The molecule has 3 fully saturated rings. The molecular weight excluding hydrogens is 439 g/mol. The lowest BCUT2D eigenvalue weighted by molar-refractivity contribution is -0.134. The highest BCUT2D eigenvalue weighted by Crippen LogP contribution is 2.50. The van der Waals surface area contributed by atoms with E-state index in [2.05, 4.69) is 55.3 Å². The average Bonchev–Trinajstić information content (AvgIpc) is 3.15. The summed E-state index contributed by atoms with van der Waals surface area (Å²) in [6, 6.07) is 15.3. The summed E-state index contributed by atoms with van der Waals surface area (Å²) >= 11 is 0. The van der Waals surface area contributed by atoms with E-state index in [0.717, 1.165) is 62.7 Å². The van der Waals surface area contributed by atoms with Crippen LogP contribution in [0.3, 0.4) is 0 Å². The molecule has 3 atom stereocenters. The molecule has 4 nitrogen and oxygen atoms in total. The molecule has 2 heterocycles. The maximum Gasteiger partial charge on any atom is 0.227 e. The molecule has 1 saturated carbocycles. The second kappa shape index (κ2) is 9.01. The largest absolute Gasteiger partial charge is 0.384 e. The first-order valence-electron chi connectivity index (χ1n) is 13.2. The molecule has 2 aliphatic heterocycles. The van der Waals surface area contributed by atoms with E-state index in [9.17, 15) is 14.3 Å². The van der Waals surface area contributed by atoms with Gasteiger partial charge in [-0.15, -0.1) is 0 Å². The second-order valence-electron chi connectivity index (χ2n) is 12.0. The van der Waals surface area contributed by atoms with Gasteiger partial charge in [-0.3, -0.25) is 9.69 Å². The standard InChI is InChI=1S/C30H39FN2O2/c1-28(2,3)22-9-11-23(12-10-22)30(35)15-5-4-6-26(30)33-18-16-29(17-19-33)25(20-32-27(29)34)21-7-13-24(31)14-8-21/h7-14,25-26,35H,4-6,15-20H2,1-3H3,(H,32,34). The van der Waals surface area contributed by atoms with Crippen molar-refractivity contribution in [3.63, 3.8) is 0 Å². The van der Waals surface area contributed by atoms with E-state index >= 15 is 0 Å². The van der Waals surface area contributed by atoms with Gasteiger partial charge in [0.15, 0.2) is 0 Å². The van der Waals surface area contributed by atoms with Crippen molar-refractivity contribution in [3.8, 4) is 0 Å². The summed E-state index contributed by atoms with van der Waals surface area (Å²) in [5, 5.41) is 15.2. The molecule has 0 radical (unpaired) electrons. The summed E-state index contributed by atoms with van der Waals surface area (Å²) in [4.78, 5) is 15.5. The lowest BCUT2D eigenvalue weighted by atomic mass is 9.66. The first kappa shape index (κ1) is 24.5. The Balaban J connectivity index is 1.36. The van der Waals surface area contributed by atoms with Crippen molar-refractivity contribution < 1.29 is 14.3 Å². The van der Waals surface area contributed by atoms with Crippen LogP contribution in [0.1, 0.15) is 81.9 Å². The molecule has 0 aromatic heterocycles. The third-order valence-corrected chi connectivity index (χ3v) is 9.08. The zero-order valence-corrected chi connectivity index (χ0v) is 21.3. The maximum absolute atomic E-state index is 13.5. The Kier molecular flexibility index (Phi) is 6.29. The molecule has 5 rings (SSSR count). The number of nitrogens with one attached hydrogen (secondary N) is 1. The highest BCUT2D eigenvalue weighted by Gasteiger charge is 2.54. The number of carbonyl (C=O) groups is 1. The number of aliphatic hydroxyl groups is 1. The van der Waals surface area contributed by atoms with E-state index < -0.39 is 11.0 Å². The van der Waals surface area contributed by atoms with Crippen LogP contribution in [0.5, 0.6) is 0 Å². The van der Waals surface area contributed by atoms with Gasteiger partial charge in [0.05, 0.1) is 5.41 Å². The van der Waals surface area contributed by atoms with Gasteiger partial charge in [-0.1, -0.05) is 70.0 Å². The van der Waals surface area contributed by atoms with Gasteiger partial charge >= 0.3 is 0 Å². The number of hydrogen-bond acceptors (Lipinski definition) is 3. The molecule has 5 heteroatoms. The number of likely N-dealkylation sites (tertiary alicyclic amines) is 1. The van der Waals surface area contributed by atoms with Gasteiger partial charge in [-0.05, 0) is 73.0 Å². The van der Waals surface area contributed by atoms with Gasteiger partial charge in [0, 0.05) is 18.5 Å². The Morgan fingerprint density at radius 1 is 0.971 bits per heavy atom. The fourth-order valence-electron chi connectivity index (χ4n) is 6.88. The zero-order valence-electron chi connectivity index (χ0n) is 21.3. The number of benzene rings is 2. The van der Waals surface area contributed by atoms with Gasteiger partial charge in [0.1, 0.15) is 11.4 Å². The highest BCUT2D eigenvalue weighted by molar-refractivity contribution is 5.86. The van der Waals surface area contributed by atoms with Crippen molar-refractivity contribution in [2.75, 3.05) is 19.6 Å². The first-order valence-corrected chi connectivity index (χ1v) is 13.2. The van der Waals surface area contributed by atoms with Crippen molar-refractivity contribution in [1.29, 1.82) is 0 Å². The second-order valence-corrected chi connectivity index (χ2v) is 12.0. The number of nitrogens with zero attached hydrogens (tertiary/aromatic N) is 1. The number of piperidine rings is 1. The summed E-state index contributed by atoms with van der Waals surface area (Å²) < 4.78 is 13.5. The molecule has 2 aromatic carbocycles. The van der Waals surface area contributed by atoms with Gasteiger partial charge in [-0.2, -0.15) is 0 Å². The molecule has 1 spiro atoms. The van der Waals surface area contributed by atoms with Crippen molar-refractivity contribution in [2.24, 2.45) is 5.41 Å². The SMILES string of the molecule is CC(C)(C)c1ccc(C2(O)CCCCC2N2CCC3(CC2)C(=O)NCC3c2ccc(F)cc2)cc1. The Bertz CT molecular complexity index is 1050. The molecule has 2 N–H and O–H groups in total. The molecule has 2 aromatic rings. The van der Waals surface area contributed by atoms with Crippen LogP contribution in [-0.2, 0) is 15.8 Å². The fraction of sp³-hybridized carbons (Fsp3) is 0.567. The molecule has 35 heavy (non-hydrogen) atoms. The van der Waals surface area contributed by atoms with Gasteiger partial charge in [0.2, 0.25) is 5.91 Å². The number of rotatable bonds is 3. The summed E-state index contributed by atoms with van der Waals surface area (Å²) in [6.45, 7) is 8.82. The summed E-state index contributed by atoms with van der Waals surface area (Å²) in [5.74, 6) is -0.0573. The molecule has 1 aliphatic carbocycles. The minimum absolute atomic E-state index is 0.0582. The van der Waals surface area contributed by atoms with E-state index in [1.807, 2.05) is 12.1 Å². The topological polar surface area (TPSA) is 52.6 Å². The molecular formula is C30H39FN2O2. The molecule has 188 valence electrons. The fourth-order valence-corrected chi connectivity index (χ4v) is 6.88. The number of halogens is 1. The summed E-state index contributed by atoms with van der Waals surface area (Å²) in [7, 11) is 0. The molecule has 3 aliphatic rings. The molecule has 3 unspecified atom stereocenters. The number of hydrogen-bond donors (Lipinski definition) is 2. The van der Waals surface area contributed by atoms with Crippen LogP contribution in [0.2, 0.25) is 0 Å². The monoisotopic (exact) mass is 478 g/mol. The zero-order chi connectivity index (χ0) is 24.8. The lowest BCUT2D eigenvalue weighted by Crippen LogP contribution is -2.57. The molecule has 0 bridgehead atoms. The summed E-state index contributed by atoms with van der Waals surface area (Å²) in [5.41, 5.74) is 2.08. The highest BCUT2D eigenvalue weighted by atomic mass is 19.1. The van der Waals surface area contributed by atoms with E-state index in [1.54, 1.807) is 0 Å². The molecule has 2 saturated heterocycles. The van der Waals surface area contributed by atoms with Crippen molar-refractivity contribution in [2.45, 2.75) is 82.3 Å². The van der Waals surface area contributed by atoms with Crippen LogP contribution in [-0.4, -0.2) is 41.6 Å². The van der Waals surface area contributed by atoms with E-state index in [1.165, 1.54) is 17.7 Å². The Morgan fingerprint density at radius 3 is 2.26 bits per heavy atom. The van der Waals surface area contributed by atoms with Crippen molar-refractivity contribution >= 4 is 5.91 Å². The first-order chi connectivity index (χ1) is 16.6. The number of carbonyl (C=O) groups excluding carboxylic acids is 1. The quantitative estimate of drug-likeness (QED) is 0.634. The van der Waals surface area contributed by atoms with Gasteiger partial charge in [-0.25, -0.2) is 4.39 Å². The van der Waals surface area contributed by atoms with Crippen molar-refractivity contribution in [3.05, 3.63) is 71.0 Å². The predicted octanol–water partition coefficient (Wildman–Crippen LogP) is 5.25. The van der Waals surface area contributed by atoms with Gasteiger partial charge < -0.3 is 10.4 Å². The van der Waals surface area contributed by atoms with E-state index in [-0.39, 0.29) is 29.1 Å². The third-order valence-electron chi connectivity index (χ3n) is 9.08. The average molecular weight is 479 g/mol. The van der Waals surface area contributed by atoms with Crippen LogP contribution in [0.4, 0.5) is 4.39 Å². The van der Waals surface area contributed by atoms with Crippen LogP contribution >= 0.6 is 0 Å². The third kappa shape index (κ3) is 4.31. The van der Waals surface area contributed by atoms with E-state index in [0.29, 0.717) is 6.54 Å². The Hall–Kier alpha value is -2.24. The normalized spacial score (nSPS) is 29.3. The van der Waals surface area contributed by atoms with Crippen LogP contribution in [0.25, 0.3) is 0 Å². The number of amides is 1. The Labute approximate surface area is 208 Å². The predicted molar refractivity (Wildman–Crippen MR) is 137 cm³/mol. The molecule has 1 amide bonds. The van der Waals surface area contributed by atoms with E-state index in [4.69, 9.17) is 0 Å². The maximum atomic E-state index is 13.5. The van der Waals surface area contributed by atoms with Crippen LogP contribution in [0.15, 0.2) is 48.5 Å². The van der Waals surface area contributed by atoms with Crippen molar-refractivity contribution in [1.82, 2.24) is 10.2 Å². The summed E-state index contributed by atoms with van der Waals surface area (Å²) in [6.07, 6.45) is 5.41. The minimum Gasteiger partial charge on any atom is -0.384 e.